The normalized spacial score (nSPS) is 11.3. The van der Waals surface area contributed by atoms with E-state index in [0.29, 0.717) is 119 Å². The van der Waals surface area contributed by atoms with Crippen LogP contribution < -0.4 is 0 Å². The van der Waals surface area contributed by atoms with Crippen molar-refractivity contribution in [1.29, 1.82) is 0 Å². The van der Waals surface area contributed by atoms with Crippen LogP contribution in [0.5, 0.6) is 0 Å². The molecule has 0 N–H and O–H groups in total. The second kappa shape index (κ2) is 36.2. The topological polar surface area (TPSA) is 92.3 Å². The van der Waals surface area contributed by atoms with Gasteiger partial charge in [-0.05, 0) is 6.42 Å². The second-order valence-electron chi connectivity index (χ2n) is 8.32. The summed E-state index contributed by atoms with van der Waals surface area (Å²) in [5, 5.41) is 0. The van der Waals surface area contributed by atoms with Crippen LogP contribution in [0, 0.1) is 0 Å². The van der Waals surface area contributed by atoms with Crippen LogP contribution in [0.15, 0.2) is 12.8 Å². The quantitative estimate of drug-likeness (QED) is 0.0857. The zero-order valence-corrected chi connectivity index (χ0v) is 24.0. The molecule has 0 unspecified atom stereocenters. The molecule has 0 aliphatic heterocycles. The maximum atomic E-state index is 5.57. The number of ether oxygens (including phenoxy) is 10. The lowest BCUT2D eigenvalue weighted by molar-refractivity contribution is -0.0256. The standard InChI is InChI=1S/C28H56O10/c1-3-5-6-7-8-9-10-30-13-14-32-17-18-34-21-22-36-25-26-38-28-27-37-24-23-35-20-19-33-16-15-31-12-11-29-4-2/h4H,2-3,5-28H2,1H3. The maximum Gasteiger partial charge on any atom is 0.111 e. The molecule has 0 atom stereocenters. The molecule has 0 aliphatic carbocycles. The molecule has 38 heavy (non-hydrogen) atoms. The van der Waals surface area contributed by atoms with E-state index < -0.39 is 0 Å². The van der Waals surface area contributed by atoms with Crippen molar-refractivity contribution in [3.63, 3.8) is 0 Å². The van der Waals surface area contributed by atoms with E-state index in [-0.39, 0.29) is 0 Å². The Morgan fingerprint density at radius 3 is 0.921 bits per heavy atom. The summed E-state index contributed by atoms with van der Waals surface area (Å²) in [6.45, 7) is 16.4. The van der Waals surface area contributed by atoms with Crippen LogP contribution in [0.25, 0.3) is 0 Å². The Morgan fingerprint density at radius 1 is 0.342 bits per heavy atom. The molecular weight excluding hydrogens is 496 g/mol. The van der Waals surface area contributed by atoms with Gasteiger partial charge in [0.1, 0.15) is 6.61 Å². The van der Waals surface area contributed by atoms with Crippen molar-refractivity contribution in [2.75, 3.05) is 126 Å². The average Bonchev–Trinajstić information content (AvgIpc) is 2.93. The van der Waals surface area contributed by atoms with Gasteiger partial charge in [0, 0.05) is 6.61 Å². The van der Waals surface area contributed by atoms with Crippen molar-refractivity contribution < 1.29 is 47.4 Å². The minimum atomic E-state index is 0.508. The van der Waals surface area contributed by atoms with E-state index in [0.717, 1.165) is 13.0 Å². The van der Waals surface area contributed by atoms with Gasteiger partial charge >= 0.3 is 0 Å². The highest BCUT2D eigenvalue weighted by molar-refractivity contribution is 4.48. The van der Waals surface area contributed by atoms with Gasteiger partial charge in [-0.15, -0.1) is 0 Å². The van der Waals surface area contributed by atoms with Crippen LogP contribution in [-0.4, -0.2) is 126 Å². The third-order valence-electron chi connectivity index (χ3n) is 5.08. The summed E-state index contributed by atoms with van der Waals surface area (Å²) < 4.78 is 54.0. The van der Waals surface area contributed by atoms with Crippen LogP contribution in [0.3, 0.4) is 0 Å². The van der Waals surface area contributed by atoms with Gasteiger partial charge < -0.3 is 47.4 Å². The van der Waals surface area contributed by atoms with E-state index in [9.17, 15) is 0 Å². The Kier molecular flexibility index (Phi) is 35.4. The zero-order valence-electron chi connectivity index (χ0n) is 24.0. The first-order valence-corrected chi connectivity index (χ1v) is 14.3. The molecule has 0 aliphatic rings. The van der Waals surface area contributed by atoms with Crippen LogP contribution in [0.4, 0.5) is 0 Å². The Bertz CT molecular complexity index is 428. The van der Waals surface area contributed by atoms with Crippen molar-refractivity contribution in [3.05, 3.63) is 12.8 Å². The zero-order chi connectivity index (χ0) is 27.5. The molecule has 0 aromatic rings. The van der Waals surface area contributed by atoms with Crippen LogP contribution in [0.1, 0.15) is 45.4 Å². The highest BCUT2D eigenvalue weighted by Crippen LogP contribution is 2.04. The number of rotatable bonds is 35. The molecule has 0 fully saturated rings. The van der Waals surface area contributed by atoms with Crippen molar-refractivity contribution >= 4 is 0 Å². The Balaban J connectivity index is 3.01. The Morgan fingerprint density at radius 2 is 0.605 bits per heavy atom. The largest absolute Gasteiger partial charge is 0.499 e. The summed E-state index contributed by atoms with van der Waals surface area (Å²) in [6.07, 6.45) is 9.10. The van der Waals surface area contributed by atoms with Gasteiger partial charge in [-0.2, -0.15) is 0 Å². The first-order chi connectivity index (χ1) is 18.9. The highest BCUT2D eigenvalue weighted by atomic mass is 16.6. The summed E-state index contributed by atoms with van der Waals surface area (Å²) in [5.74, 6) is 0. The molecule has 0 rings (SSSR count). The molecule has 10 heteroatoms. The van der Waals surface area contributed by atoms with Gasteiger partial charge in [0.05, 0.1) is 119 Å². The highest BCUT2D eigenvalue weighted by Gasteiger charge is 1.96. The summed E-state index contributed by atoms with van der Waals surface area (Å²) in [6, 6.07) is 0. The molecule has 0 aromatic heterocycles. The van der Waals surface area contributed by atoms with Crippen molar-refractivity contribution in [2.24, 2.45) is 0 Å². The fourth-order valence-corrected chi connectivity index (χ4v) is 3.04. The molecular formula is C28H56O10. The van der Waals surface area contributed by atoms with Crippen molar-refractivity contribution in [2.45, 2.75) is 45.4 Å². The summed E-state index contributed by atoms with van der Waals surface area (Å²) in [4.78, 5) is 0. The molecule has 0 aromatic carbocycles. The Hall–Kier alpha value is -0.820. The van der Waals surface area contributed by atoms with E-state index in [1.165, 1.54) is 38.4 Å². The van der Waals surface area contributed by atoms with Crippen LogP contribution in [0.2, 0.25) is 0 Å². The number of unbranched alkanes of at least 4 members (excludes halogenated alkanes) is 5. The third kappa shape index (κ3) is 35.2. The predicted molar refractivity (Wildman–Crippen MR) is 147 cm³/mol. The second-order valence-corrected chi connectivity index (χ2v) is 8.32. The average molecular weight is 553 g/mol. The van der Waals surface area contributed by atoms with Crippen LogP contribution in [-0.2, 0) is 47.4 Å². The SMILES string of the molecule is C=COCCOCCOCCOCCOCCOCCOCCOCCOCCOCCCCCCCC. The molecule has 0 heterocycles. The summed E-state index contributed by atoms with van der Waals surface area (Å²) in [7, 11) is 0. The van der Waals surface area contributed by atoms with E-state index in [1.807, 2.05) is 0 Å². The molecule has 0 radical (unpaired) electrons. The predicted octanol–water partition coefficient (Wildman–Crippen LogP) is 3.66. The van der Waals surface area contributed by atoms with Crippen LogP contribution >= 0.6 is 0 Å². The minimum Gasteiger partial charge on any atom is -0.499 e. The van der Waals surface area contributed by atoms with E-state index in [1.54, 1.807) is 0 Å². The van der Waals surface area contributed by atoms with Gasteiger partial charge in [-0.3, -0.25) is 0 Å². The van der Waals surface area contributed by atoms with Gasteiger partial charge in [-0.1, -0.05) is 45.6 Å². The molecule has 0 bridgehead atoms. The summed E-state index contributed by atoms with van der Waals surface area (Å²) in [5.41, 5.74) is 0. The fraction of sp³-hybridized carbons (Fsp3) is 0.929. The van der Waals surface area contributed by atoms with E-state index in [2.05, 4.69) is 13.5 Å². The molecule has 10 nitrogen and oxygen atoms in total. The van der Waals surface area contributed by atoms with Gasteiger partial charge in [-0.25, -0.2) is 0 Å². The molecule has 0 amide bonds. The van der Waals surface area contributed by atoms with Gasteiger partial charge in [0.25, 0.3) is 0 Å². The first-order valence-electron chi connectivity index (χ1n) is 14.3. The van der Waals surface area contributed by atoms with Gasteiger partial charge in [0.2, 0.25) is 0 Å². The number of hydrogen-bond acceptors (Lipinski definition) is 10. The maximum absolute atomic E-state index is 5.57. The third-order valence-corrected chi connectivity index (χ3v) is 5.08. The fourth-order valence-electron chi connectivity index (χ4n) is 3.04. The lowest BCUT2D eigenvalue weighted by Crippen LogP contribution is -2.15. The van der Waals surface area contributed by atoms with Gasteiger partial charge in [0.15, 0.2) is 0 Å². The minimum absolute atomic E-state index is 0.508. The number of hydrogen-bond donors (Lipinski definition) is 0. The van der Waals surface area contributed by atoms with E-state index in [4.69, 9.17) is 47.4 Å². The summed E-state index contributed by atoms with van der Waals surface area (Å²) >= 11 is 0. The van der Waals surface area contributed by atoms with Crippen molar-refractivity contribution in [1.82, 2.24) is 0 Å². The molecule has 228 valence electrons. The molecule has 0 spiro atoms. The van der Waals surface area contributed by atoms with Crippen molar-refractivity contribution in [3.8, 4) is 0 Å². The molecule has 0 saturated carbocycles. The monoisotopic (exact) mass is 552 g/mol. The Labute approximate surface area is 231 Å². The lowest BCUT2D eigenvalue weighted by atomic mass is 10.1. The smallest absolute Gasteiger partial charge is 0.111 e. The first kappa shape index (κ1) is 37.2. The molecule has 0 saturated heterocycles. The van der Waals surface area contributed by atoms with E-state index >= 15 is 0 Å². The lowest BCUT2D eigenvalue weighted by Gasteiger charge is -2.09.